The number of carbonyl (C=O) groups is 2. The lowest BCUT2D eigenvalue weighted by Crippen LogP contribution is -2.43. The minimum Gasteiger partial charge on any atom is -0.494 e. The Morgan fingerprint density at radius 3 is 2.46 bits per heavy atom. The maximum Gasteiger partial charge on any atom is 0.337 e. The fourth-order valence-corrected chi connectivity index (χ4v) is 5.45. The lowest BCUT2D eigenvalue weighted by atomic mass is 9.99. The monoisotopic (exact) mass is 552 g/mol. The Kier molecular flexibility index (Phi) is 7.30. The number of hydrogen-bond acceptors (Lipinski definition) is 7. The molecule has 1 aromatic heterocycles. The molecular formula is C32H32N4O5. The highest BCUT2D eigenvalue weighted by Gasteiger charge is 2.26. The van der Waals surface area contributed by atoms with Gasteiger partial charge in [0.2, 0.25) is 5.91 Å². The second-order valence-corrected chi connectivity index (χ2v) is 10.5. The van der Waals surface area contributed by atoms with E-state index in [4.69, 9.17) is 14.5 Å². The number of nitrogens with one attached hydrogen (secondary N) is 1. The summed E-state index contributed by atoms with van der Waals surface area (Å²) in [5.74, 6) is -0.378. The first-order valence-electron chi connectivity index (χ1n) is 13.7. The second-order valence-electron chi connectivity index (χ2n) is 10.5. The number of nitrogens with zero attached hydrogens (tertiary/aromatic N) is 3. The van der Waals surface area contributed by atoms with Crippen molar-refractivity contribution < 1.29 is 24.2 Å². The first-order chi connectivity index (χ1) is 19.9. The first kappa shape index (κ1) is 26.7. The third-order valence-corrected chi connectivity index (χ3v) is 7.73. The molecule has 0 unspecified atom stereocenters. The molecule has 9 nitrogen and oxygen atoms in total. The molecule has 2 N–H and O–H groups in total. The van der Waals surface area contributed by atoms with Crippen LogP contribution in [-0.4, -0.2) is 77.4 Å². The summed E-state index contributed by atoms with van der Waals surface area (Å²) in [4.78, 5) is 37.2. The van der Waals surface area contributed by atoms with Crippen LogP contribution in [-0.2, 0) is 27.4 Å². The van der Waals surface area contributed by atoms with Gasteiger partial charge in [-0.2, -0.15) is 0 Å². The number of rotatable bonds is 6. The van der Waals surface area contributed by atoms with Gasteiger partial charge in [-0.3, -0.25) is 9.69 Å². The number of esters is 1. The number of amides is 1. The van der Waals surface area contributed by atoms with Crippen LogP contribution in [0, 0.1) is 6.92 Å². The number of morpholine rings is 1. The van der Waals surface area contributed by atoms with Gasteiger partial charge in [-0.15, -0.1) is 0 Å². The van der Waals surface area contributed by atoms with E-state index < -0.39 is 5.97 Å². The van der Waals surface area contributed by atoms with E-state index in [0.29, 0.717) is 55.2 Å². The lowest BCUT2D eigenvalue weighted by molar-refractivity contribution is -0.134. The summed E-state index contributed by atoms with van der Waals surface area (Å²) in [7, 11) is 1.34. The highest BCUT2D eigenvalue weighted by molar-refractivity contribution is 6.22. The number of benzene rings is 3. The van der Waals surface area contributed by atoms with Crippen molar-refractivity contribution >= 4 is 34.2 Å². The molecule has 0 atom stereocenters. The summed E-state index contributed by atoms with van der Waals surface area (Å²) in [6.07, 6.45) is 0. The van der Waals surface area contributed by atoms with E-state index in [1.807, 2.05) is 54.3 Å². The van der Waals surface area contributed by atoms with Gasteiger partial charge in [0.1, 0.15) is 0 Å². The third-order valence-electron chi connectivity index (χ3n) is 7.73. The Bertz CT molecular complexity index is 1650. The van der Waals surface area contributed by atoms with Crippen molar-refractivity contribution in [2.75, 3.05) is 40.0 Å². The SMILES string of the molecule is COC(=O)c1ccc2c(C(=Nc3ccc4c(c3)CN(C(=O)CN3CCOCC3)C4)c3ccc(C)cc3)c(O)[nH]c2c1. The van der Waals surface area contributed by atoms with Crippen molar-refractivity contribution in [3.63, 3.8) is 0 Å². The van der Waals surface area contributed by atoms with Gasteiger partial charge < -0.3 is 24.5 Å². The second kappa shape index (κ2) is 11.2. The zero-order chi connectivity index (χ0) is 28.5. The molecule has 1 fully saturated rings. The Morgan fingerprint density at radius 2 is 1.71 bits per heavy atom. The van der Waals surface area contributed by atoms with Gasteiger partial charge >= 0.3 is 5.97 Å². The number of aromatic hydroxyl groups is 1. The molecule has 3 heterocycles. The van der Waals surface area contributed by atoms with Crippen LogP contribution in [0.2, 0.25) is 0 Å². The van der Waals surface area contributed by atoms with E-state index in [-0.39, 0.29) is 11.8 Å². The van der Waals surface area contributed by atoms with Crippen LogP contribution in [0.15, 0.2) is 65.7 Å². The summed E-state index contributed by atoms with van der Waals surface area (Å²) in [5, 5.41) is 11.8. The van der Waals surface area contributed by atoms with Gasteiger partial charge in [-0.05, 0) is 42.3 Å². The van der Waals surface area contributed by atoms with Crippen LogP contribution >= 0.6 is 0 Å². The third kappa shape index (κ3) is 5.46. The topological polar surface area (TPSA) is 107 Å². The molecule has 0 radical (unpaired) electrons. The predicted octanol–water partition coefficient (Wildman–Crippen LogP) is 4.31. The number of hydrogen-bond donors (Lipinski definition) is 2. The number of fused-ring (bicyclic) bond motifs is 2. The molecule has 0 saturated carbocycles. The molecule has 1 amide bonds. The van der Waals surface area contributed by atoms with Gasteiger partial charge in [0, 0.05) is 42.6 Å². The maximum atomic E-state index is 13.0. The van der Waals surface area contributed by atoms with Crippen molar-refractivity contribution in [3.05, 3.63) is 94.0 Å². The average molecular weight is 553 g/mol. The molecular weight excluding hydrogens is 520 g/mol. The van der Waals surface area contributed by atoms with E-state index in [1.165, 1.54) is 7.11 Å². The lowest BCUT2D eigenvalue weighted by Gasteiger charge is -2.27. The van der Waals surface area contributed by atoms with E-state index >= 15 is 0 Å². The van der Waals surface area contributed by atoms with Gasteiger partial charge in [0.15, 0.2) is 5.88 Å². The van der Waals surface area contributed by atoms with E-state index in [0.717, 1.165) is 46.4 Å². The highest BCUT2D eigenvalue weighted by Crippen LogP contribution is 2.34. The largest absolute Gasteiger partial charge is 0.494 e. The molecule has 1 saturated heterocycles. The number of aryl methyl sites for hydroxylation is 1. The molecule has 0 bridgehead atoms. The van der Waals surface area contributed by atoms with E-state index in [2.05, 4.69) is 9.88 Å². The molecule has 3 aromatic carbocycles. The Hall–Kier alpha value is -4.47. The van der Waals surface area contributed by atoms with Crippen molar-refractivity contribution in [2.24, 2.45) is 4.99 Å². The Balaban J connectivity index is 1.34. The number of aromatic amines is 1. The maximum absolute atomic E-state index is 13.0. The molecule has 9 heteroatoms. The fourth-order valence-electron chi connectivity index (χ4n) is 5.45. The van der Waals surface area contributed by atoms with E-state index in [9.17, 15) is 14.7 Å². The molecule has 0 spiro atoms. The number of H-pyrrole nitrogens is 1. The molecule has 210 valence electrons. The minimum absolute atomic E-state index is 0.0395. The van der Waals surface area contributed by atoms with Crippen molar-refractivity contribution in [1.82, 2.24) is 14.8 Å². The molecule has 6 rings (SSSR count). The Morgan fingerprint density at radius 1 is 0.976 bits per heavy atom. The summed E-state index contributed by atoms with van der Waals surface area (Å²) in [6, 6.07) is 19.1. The fraction of sp³-hybridized carbons (Fsp3) is 0.281. The van der Waals surface area contributed by atoms with Crippen LogP contribution in [0.5, 0.6) is 5.88 Å². The molecule has 4 aromatic rings. The van der Waals surface area contributed by atoms with Crippen LogP contribution in [0.1, 0.15) is 38.2 Å². The summed E-state index contributed by atoms with van der Waals surface area (Å²) >= 11 is 0. The number of aliphatic imine (C=N–C) groups is 1. The zero-order valence-electron chi connectivity index (χ0n) is 23.1. The summed E-state index contributed by atoms with van der Waals surface area (Å²) < 4.78 is 10.3. The summed E-state index contributed by atoms with van der Waals surface area (Å²) in [5.41, 5.74) is 6.97. The van der Waals surface area contributed by atoms with Gasteiger partial charge in [-0.1, -0.05) is 42.0 Å². The molecule has 2 aliphatic rings. The first-order valence-corrected chi connectivity index (χ1v) is 13.7. The minimum atomic E-state index is -0.453. The van der Waals surface area contributed by atoms with Crippen molar-refractivity contribution in [3.8, 4) is 5.88 Å². The van der Waals surface area contributed by atoms with Crippen LogP contribution in [0.25, 0.3) is 10.9 Å². The zero-order valence-corrected chi connectivity index (χ0v) is 23.1. The number of aromatic nitrogens is 1. The smallest absolute Gasteiger partial charge is 0.337 e. The van der Waals surface area contributed by atoms with Crippen LogP contribution in [0.3, 0.4) is 0 Å². The van der Waals surface area contributed by atoms with E-state index in [1.54, 1.807) is 18.2 Å². The van der Waals surface area contributed by atoms with Crippen LogP contribution < -0.4 is 0 Å². The standard InChI is InChI=1S/C32H32N4O5/c1-20-3-5-21(6-4-20)30(29-26-10-8-22(32(39)40-2)16-27(26)34-31(29)38)33-25-9-7-23-17-36(18-24(23)15-25)28(37)19-35-11-13-41-14-12-35/h3-10,15-16,34,38H,11-14,17-19H2,1-2H3. The number of ether oxygens (including phenoxy) is 2. The highest BCUT2D eigenvalue weighted by atomic mass is 16.5. The average Bonchev–Trinajstić information content (AvgIpc) is 3.56. The summed E-state index contributed by atoms with van der Waals surface area (Å²) in [6.45, 7) is 6.42. The molecule has 41 heavy (non-hydrogen) atoms. The normalized spacial score (nSPS) is 15.8. The quantitative estimate of drug-likeness (QED) is 0.273. The van der Waals surface area contributed by atoms with Crippen molar-refractivity contribution in [1.29, 1.82) is 0 Å². The van der Waals surface area contributed by atoms with Gasteiger partial charge in [-0.25, -0.2) is 9.79 Å². The molecule has 0 aliphatic carbocycles. The van der Waals surface area contributed by atoms with Crippen LogP contribution in [0.4, 0.5) is 5.69 Å². The van der Waals surface area contributed by atoms with Gasteiger partial charge in [0.25, 0.3) is 0 Å². The number of methoxy groups -OCH3 is 1. The Labute approximate surface area is 238 Å². The van der Waals surface area contributed by atoms with Gasteiger partial charge in [0.05, 0.1) is 49.4 Å². The number of carbonyl (C=O) groups excluding carboxylic acids is 2. The predicted molar refractivity (Wildman–Crippen MR) is 156 cm³/mol. The van der Waals surface area contributed by atoms with Crippen molar-refractivity contribution in [2.45, 2.75) is 20.0 Å². The molecule has 2 aliphatic heterocycles.